The maximum atomic E-state index is 12.1. The van der Waals surface area contributed by atoms with E-state index in [1.54, 1.807) is 7.11 Å². The fraction of sp³-hybridized carbons (Fsp3) is 0.176. The first-order valence-corrected chi connectivity index (χ1v) is 8.85. The van der Waals surface area contributed by atoms with Crippen molar-refractivity contribution in [3.63, 3.8) is 0 Å². The van der Waals surface area contributed by atoms with Crippen molar-refractivity contribution in [2.45, 2.75) is 9.79 Å². The van der Waals surface area contributed by atoms with Gasteiger partial charge in [0, 0.05) is 9.79 Å². The number of benzene rings is 2. The minimum absolute atomic E-state index is 0.0733. The van der Waals surface area contributed by atoms with Gasteiger partial charge in [-0.3, -0.25) is 4.79 Å². The SMILES string of the molecule is COc1ccc(SCC(=O)Nc2ccccc2SCC#N)cc1. The molecule has 0 aliphatic rings. The molecule has 0 atom stereocenters. The molecule has 0 bridgehead atoms. The normalized spacial score (nSPS) is 9.91. The summed E-state index contributed by atoms with van der Waals surface area (Å²) in [5.74, 6) is 1.40. The third-order valence-corrected chi connectivity index (χ3v) is 4.84. The minimum atomic E-state index is -0.0733. The summed E-state index contributed by atoms with van der Waals surface area (Å²) in [5, 5.41) is 11.6. The van der Waals surface area contributed by atoms with Gasteiger partial charge in [0.05, 0.1) is 30.4 Å². The molecule has 0 saturated carbocycles. The molecule has 4 nitrogen and oxygen atoms in total. The molecule has 0 heterocycles. The quantitative estimate of drug-likeness (QED) is 0.768. The number of nitrogens with zero attached hydrogens (tertiary/aromatic N) is 1. The summed E-state index contributed by atoms with van der Waals surface area (Å²) in [7, 11) is 1.62. The second-order valence-electron chi connectivity index (χ2n) is 4.46. The predicted molar refractivity (Wildman–Crippen MR) is 95.1 cm³/mol. The smallest absolute Gasteiger partial charge is 0.234 e. The van der Waals surface area contributed by atoms with E-state index in [2.05, 4.69) is 11.4 Å². The maximum absolute atomic E-state index is 12.1. The van der Waals surface area contributed by atoms with Crippen LogP contribution in [-0.4, -0.2) is 24.5 Å². The molecule has 0 fully saturated rings. The summed E-state index contributed by atoms with van der Waals surface area (Å²) >= 11 is 2.87. The first kappa shape index (κ1) is 17.3. The number of anilines is 1. The molecule has 23 heavy (non-hydrogen) atoms. The Morgan fingerprint density at radius 1 is 1.17 bits per heavy atom. The summed E-state index contributed by atoms with van der Waals surface area (Å²) in [5.41, 5.74) is 0.744. The highest BCUT2D eigenvalue weighted by Gasteiger charge is 2.08. The van der Waals surface area contributed by atoms with Crippen LogP contribution in [0.5, 0.6) is 5.75 Å². The predicted octanol–water partition coefficient (Wildman–Crippen LogP) is 4.04. The van der Waals surface area contributed by atoms with E-state index in [1.807, 2.05) is 48.5 Å². The van der Waals surface area contributed by atoms with Crippen LogP contribution in [0.3, 0.4) is 0 Å². The van der Waals surface area contributed by atoms with Crippen molar-refractivity contribution in [1.29, 1.82) is 5.26 Å². The van der Waals surface area contributed by atoms with Gasteiger partial charge in [-0.2, -0.15) is 5.26 Å². The van der Waals surface area contributed by atoms with Crippen LogP contribution in [0.2, 0.25) is 0 Å². The van der Waals surface area contributed by atoms with Gasteiger partial charge < -0.3 is 10.1 Å². The van der Waals surface area contributed by atoms with Crippen molar-refractivity contribution >= 4 is 35.1 Å². The number of nitrogens with one attached hydrogen (secondary N) is 1. The number of para-hydroxylation sites is 1. The van der Waals surface area contributed by atoms with E-state index in [4.69, 9.17) is 10.00 Å². The van der Waals surface area contributed by atoms with Crippen molar-refractivity contribution in [3.8, 4) is 11.8 Å². The first-order chi connectivity index (χ1) is 11.2. The van der Waals surface area contributed by atoms with Gasteiger partial charge in [0.1, 0.15) is 5.75 Å². The van der Waals surface area contributed by atoms with Crippen LogP contribution in [0.15, 0.2) is 58.3 Å². The molecule has 0 unspecified atom stereocenters. The molecule has 0 radical (unpaired) electrons. The Morgan fingerprint density at radius 2 is 1.91 bits per heavy atom. The molecule has 6 heteroatoms. The topological polar surface area (TPSA) is 62.1 Å². The third kappa shape index (κ3) is 5.55. The lowest BCUT2D eigenvalue weighted by Gasteiger charge is -2.09. The summed E-state index contributed by atoms with van der Waals surface area (Å²) in [6.45, 7) is 0. The molecule has 2 aromatic carbocycles. The van der Waals surface area contributed by atoms with Crippen molar-refractivity contribution in [2.24, 2.45) is 0 Å². The number of ether oxygens (including phenoxy) is 1. The van der Waals surface area contributed by atoms with E-state index in [0.717, 1.165) is 21.2 Å². The summed E-state index contributed by atoms with van der Waals surface area (Å²) in [6.07, 6.45) is 0. The Labute approximate surface area is 144 Å². The van der Waals surface area contributed by atoms with Crippen LogP contribution in [0.4, 0.5) is 5.69 Å². The lowest BCUT2D eigenvalue weighted by molar-refractivity contribution is -0.113. The van der Waals surface area contributed by atoms with Gasteiger partial charge in [-0.15, -0.1) is 23.5 Å². The Balaban J connectivity index is 1.90. The van der Waals surface area contributed by atoms with Gasteiger partial charge in [0.15, 0.2) is 0 Å². The second kappa shape index (κ2) is 9.13. The zero-order valence-corrected chi connectivity index (χ0v) is 14.2. The molecule has 1 N–H and O–H groups in total. The van der Waals surface area contributed by atoms with Gasteiger partial charge in [-0.1, -0.05) is 12.1 Å². The first-order valence-electron chi connectivity index (χ1n) is 6.88. The van der Waals surface area contributed by atoms with Crippen LogP contribution in [0.25, 0.3) is 0 Å². The molecular weight excluding hydrogens is 328 g/mol. The molecule has 0 saturated heterocycles. The van der Waals surface area contributed by atoms with E-state index < -0.39 is 0 Å². The average molecular weight is 344 g/mol. The van der Waals surface area contributed by atoms with Crippen LogP contribution in [0.1, 0.15) is 0 Å². The number of nitriles is 1. The van der Waals surface area contributed by atoms with E-state index in [0.29, 0.717) is 11.5 Å². The zero-order chi connectivity index (χ0) is 16.5. The highest BCUT2D eigenvalue weighted by molar-refractivity contribution is 8.00. The molecule has 2 aromatic rings. The van der Waals surface area contributed by atoms with Crippen molar-refractivity contribution < 1.29 is 9.53 Å². The lowest BCUT2D eigenvalue weighted by atomic mass is 10.3. The van der Waals surface area contributed by atoms with Gasteiger partial charge in [-0.25, -0.2) is 0 Å². The number of thioether (sulfide) groups is 2. The van der Waals surface area contributed by atoms with E-state index >= 15 is 0 Å². The molecule has 118 valence electrons. The lowest BCUT2D eigenvalue weighted by Crippen LogP contribution is -2.14. The summed E-state index contributed by atoms with van der Waals surface area (Å²) in [6, 6.07) is 17.2. The fourth-order valence-electron chi connectivity index (χ4n) is 1.81. The van der Waals surface area contributed by atoms with Crippen LogP contribution < -0.4 is 10.1 Å². The average Bonchev–Trinajstić information content (AvgIpc) is 2.59. The number of hydrogen-bond acceptors (Lipinski definition) is 5. The van der Waals surface area contributed by atoms with Crippen molar-refractivity contribution in [3.05, 3.63) is 48.5 Å². The molecule has 2 rings (SSSR count). The zero-order valence-electron chi connectivity index (χ0n) is 12.6. The van der Waals surface area contributed by atoms with Crippen molar-refractivity contribution in [2.75, 3.05) is 23.9 Å². The Bertz CT molecular complexity index is 696. The Kier molecular flexibility index (Phi) is 6.85. The monoisotopic (exact) mass is 344 g/mol. The van der Waals surface area contributed by atoms with Gasteiger partial charge in [0.25, 0.3) is 0 Å². The summed E-state index contributed by atoms with van der Waals surface area (Å²) < 4.78 is 5.11. The molecule has 0 aliphatic heterocycles. The Morgan fingerprint density at radius 3 is 2.61 bits per heavy atom. The van der Waals surface area contributed by atoms with E-state index in [9.17, 15) is 4.79 Å². The van der Waals surface area contributed by atoms with Crippen molar-refractivity contribution in [1.82, 2.24) is 0 Å². The van der Waals surface area contributed by atoms with Gasteiger partial charge in [0.2, 0.25) is 5.91 Å². The largest absolute Gasteiger partial charge is 0.497 e. The van der Waals surface area contributed by atoms with Crippen LogP contribution in [-0.2, 0) is 4.79 Å². The van der Waals surface area contributed by atoms with Crippen LogP contribution >= 0.6 is 23.5 Å². The fourth-order valence-corrected chi connectivity index (χ4v) is 3.18. The Hall–Kier alpha value is -2.10. The highest BCUT2D eigenvalue weighted by Crippen LogP contribution is 2.27. The van der Waals surface area contributed by atoms with E-state index in [1.165, 1.54) is 23.5 Å². The standard InChI is InChI=1S/C17H16N2O2S2/c1-21-13-6-8-14(9-7-13)23-12-17(20)19-15-4-2-3-5-16(15)22-11-10-18/h2-9H,11-12H2,1H3,(H,19,20). The number of hydrogen-bond donors (Lipinski definition) is 1. The minimum Gasteiger partial charge on any atom is -0.497 e. The number of carbonyl (C=O) groups excluding carboxylic acids is 1. The molecule has 0 aromatic heterocycles. The van der Waals surface area contributed by atoms with Crippen LogP contribution in [0, 0.1) is 11.3 Å². The highest BCUT2D eigenvalue weighted by atomic mass is 32.2. The molecule has 1 amide bonds. The third-order valence-electron chi connectivity index (χ3n) is 2.88. The number of rotatable bonds is 7. The van der Waals surface area contributed by atoms with Gasteiger partial charge in [-0.05, 0) is 36.4 Å². The second-order valence-corrected chi connectivity index (χ2v) is 6.52. The molecule has 0 aliphatic carbocycles. The summed E-state index contributed by atoms with van der Waals surface area (Å²) in [4.78, 5) is 14.0. The number of amides is 1. The maximum Gasteiger partial charge on any atom is 0.234 e. The number of methoxy groups -OCH3 is 1. The van der Waals surface area contributed by atoms with E-state index in [-0.39, 0.29) is 5.91 Å². The molecule has 0 spiro atoms. The van der Waals surface area contributed by atoms with Gasteiger partial charge >= 0.3 is 0 Å². The molecular formula is C17H16N2O2S2. The number of carbonyl (C=O) groups is 1.